The number of carbonyl (C=O) groups is 1. The van der Waals surface area contributed by atoms with Crippen molar-refractivity contribution in [1.82, 2.24) is 4.90 Å². The minimum Gasteiger partial charge on any atom is -0.549 e. The first-order valence-electron chi connectivity index (χ1n) is 10.3. The van der Waals surface area contributed by atoms with Crippen molar-refractivity contribution in [1.29, 1.82) is 0 Å². The van der Waals surface area contributed by atoms with E-state index in [1.54, 1.807) is 0 Å². The van der Waals surface area contributed by atoms with Gasteiger partial charge in [0.2, 0.25) is 0 Å². The Bertz CT molecular complexity index is 354. The monoisotopic (exact) mass is 389 g/mol. The molecule has 2 unspecified atom stereocenters. The van der Waals surface area contributed by atoms with Crippen molar-refractivity contribution in [2.75, 3.05) is 6.54 Å². The van der Waals surface area contributed by atoms with Gasteiger partial charge >= 0.3 is 51.4 Å². The fraction of sp³-hybridized carbons (Fsp3) is 0.773. The molecule has 0 aliphatic heterocycles. The molecule has 0 saturated heterocycles. The number of carboxylic acid groups (broad SMARTS) is 1. The van der Waals surface area contributed by atoms with Crippen LogP contribution in [0.1, 0.15) is 91.9 Å². The molecular formula is C22H40KNO2. The molecular weight excluding hydrogens is 349 g/mol. The van der Waals surface area contributed by atoms with Gasteiger partial charge in [0.25, 0.3) is 0 Å². The number of carboxylic acids is 1. The standard InChI is InChI=1S/C22H41NO2.K/c1-5-7-9-11-13-15-17-20(3)23(19-22(24)25)21(4)18-16-14-12-10-8-6-2;/h13-16,20-21H,5-12,17-19H2,1-4H3,(H,24,25);/q;+1/p-1/b15-13+,16-14+;. The summed E-state index contributed by atoms with van der Waals surface area (Å²) in [6.07, 6.45) is 20.4. The van der Waals surface area contributed by atoms with Crippen LogP contribution in [0.2, 0.25) is 0 Å². The topological polar surface area (TPSA) is 43.4 Å². The van der Waals surface area contributed by atoms with Gasteiger partial charge in [-0.2, -0.15) is 0 Å². The summed E-state index contributed by atoms with van der Waals surface area (Å²) >= 11 is 0. The number of nitrogens with zero attached hydrogens (tertiary/aromatic N) is 1. The smallest absolute Gasteiger partial charge is 0.549 e. The van der Waals surface area contributed by atoms with Crippen LogP contribution in [0.3, 0.4) is 0 Å². The van der Waals surface area contributed by atoms with E-state index in [0.717, 1.165) is 25.7 Å². The second kappa shape index (κ2) is 20.3. The summed E-state index contributed by atoms with van der Waals surface area (Å²) in [5, 5.41) is 11.1. The summed E-state index contributed by atoms with van der Waals surface area (Å²) in [7, 11) is 0. The van der Waals surface area contributed by atoms with Crippen molar-refractivity contribution < 1.29 is 61.3 Å². The van der Waals surface area contributed by atoms with E-state index in [4.69, 9.17) is 0 Å². The van der Waals surface area contributed by atoms with Crippen LogP contribution in [0.25, 0.3) is 0 Å². The van der Waals surface area contributed by atoms with E-state index in [2.05, 4.69) is 56.9 Å². The largest absolute Gasteiger partial charge is 1.00 e. The summed E-state index contributed by atoms with van der Waals surface area (Å²) in [6, 6.07) is 0.424. The number of hydrogen-bond acceptors (Lipinski definition) is 3. The first-order chi connectivity index (χ1) is 12.0. The summed E-state index contributed by atoms with van der Waals surface area (Å²) in [5.41, 5.74) is 0. The number of unbranched alkanes of at least 4 members (excludes halogenated alkanes) is 6. The zero-order valence-electron chi connectivity index (χ0n) is 18.0. The maximum absolute atomic E-state index is 11.1. The van der Waals surface area contributed by atoms with E-state index >= 15 is 0 Å². The molecule has 26 heavy (non-hydrogen) atoms. The fourth-order valence-electron chi connectivity index (χ4n) is 3.01. The molecule has 0 aromatic rings. The van der Waals surface area contributed by atoms with Crippen LogP contribution >= 0.6 is 0 Å². The summed E-state index contributed by atoms with van der Waals surface area (Å²) < 4.78 is 0. The van der Waals surface area contributed by atoms with Gasteiger partial charge in [0.15, 0.2) is 0 Å². The van der Waals surface area contributed by atoms with Gasteiger partial charge in [0.1, 0.15) is 0 Å². The third kappa shape index (κ3) is 16.7. The fourth-order valence-corrected chi connectivity index (χ4v) is 3.01. The molecule has 0 bridgehead atoms. The second-order valence-corrected chi connectivity index (χ2v) is 7.15. The first kappa shape index (κ1) is 28.8. The number of aliphatic carboxylic acids is 1. The van der Waals surface area contributed by atoms with Crippen molar-refractivity contribution >= 4 is 5.97 Å². The van der Waals surface area contributed by atoms with Crippen LogP contribution < -0.4 is 56.5 Å². The van der Waals surface area contributed by atoms with Crippen LogP contribution in [-0.4, -0.2) is 29.5 Å². The summed E-state index contributed by atoms with van der Waals surface area (Å²) in [4.78, 5) is 13.2. The van der Waals surface area contributed by atoms with Gasteiger partial charge in [-0.25, -0.2) is 0 Å². The summed E-state index contributed by atoms with van der Waals surface area (Å²) in [5.74, 6) is -0.988. The predicted molar refractivity (Wildman–Crippen MR) is 106 cm³/mol. The Balaban J connectivity index is 0. The van der Waals surface area contributed by atoms with Gasteiger partial charge in [0.05, 0.1) is 5.97 Å². The van der Waals surface area contributed by atoms with E-state index < -0.39 is 5.97 Å². The molecule has 0 amide bonds. The Morgan fingerprint density at radius 1 is 0.846 bits per heavy atom. The molecule has 0 spiro atoms. The molecule has 0 saturated carbocycles. The molecule has 0 heterocycles. The molecule has 0 rings (SSSR count). The van der Waals surface area contributed by atoms with Gasteiger partial charge in [-0.3, -0.25) is 4.90 Å². The molecule has 0 N–H and O–H groups in total. The van der Waals surface area contributed by atoms with E-state index in [9.17, 15) is 9.90 Å². The third-order valence-electron chi connectivity index (χ3n) is 4.68. The van der Waals surface area contributed by atoms with Crippen LogP contribution in [0.15, 0.2) is 24.3 Å². The minimum atomic E-state index is -0.988. The van der Waals surface area contributed by atoms with Crippen molar-refractivity contribution in [3.63, 3.8) is 0 Å². The molecule has 0 fully saturated rings. The van der Waals surface area contributed by atoms with Crippen molar-refractivity contribution in [3.05, 3.63) is 24.3 Å². The van der Waals surface area contributed by atoms with Crippen molar-refractivity contribution in [2.24, 2.45) is 0 Å². The first-order valence-corrected chi connectivity index (χ1v) is 10.3. The third-order valence-corrected chi connectivity index (χ3v) is 4.68. The quantitative estimate of drug-likeness (QED) is 0.230. The molecule has 3 nitrogen and oxygen atoms in total. The Hall–Kier alpha value is 0.546. The van der Waals surface area contributed by atoms with Crippen LogP contribution in [-0.2, 0) is 4.79 Å². The van der Waals surface area contributed by atoms with E-state index in [1.165, 1.54) is 38.5 Å². The minimum absolute atomic E-state index is 0. The Morgan fingerprint density at radius 3 is 1.62 bits per heavy atom. The molecule has 0 aliphatic carbocycles. The van der Waals surface area contributed by atoms with Crippen LogP contribution in [0.5, 0.6) is 0 Å². The van der Waals surface area contributed by atoms with E-state index in [1.807, 2.05) is 0 Å². The maximum Gasteiger partial charge on any atom is 1.00 e. The van der Waals surface area contributed by atoms with Crippen LogP contribution in [0, 0.1) is 0 Å². The van der Waals surface area contributed by atoms with Crippen molar-refractivity contribution in [3.8, 4) is 0 Å². The number of hydrogen-bond donors (Lipinski definition) is 0. The Kier molecular flexibility index (Phi) is 22.4. The predicted octanol–water partition coefficient (Wildman–Crippen LogP) is 1.87. The molecule has 0 aliphatic rings. The average molecular weight is 390 g/mol. The van der Waals surface area contributed by atoms with Gasteiger partial charge in [-0.15, -0.1) is 0 Å². The SMILES string of the molecule is CCCCC/C=C/CC(C)N(CC(=O)[O-])C(C)C/C=C/CCCCC.[K+]. The van der Waals surface area contributed by atoms with Gasteiger partial charge in [-0.1, -0.05) is 63.8 Å². The molecule has 0 aromatic heterocycles. The normalized spacial score (nSPS) is 14.0. The molecule has 0 aromatic carbocycles. The number of carbonyl (C=O) groups excluding carboxylic acids is 1. The average Bonchev–Trinajstić information content (AvgIpc) is 2.58. The van der Waals surface area contributed by atoms with Crippen molar-refractivity contribution in [2.45, 2.75) is 104 Å². The molecule has 146 valence electrons. The molecule has 2 atom stereocenters. The van der Waals surface area contributed by atoms with Gasteiger partial charge in [0, 0.05) is 18.6 Å². The summed E-state index contributed by atoms with van der Waals surface area (Å²) in [6.45, 7) is 8.66. The van der Waals surface area contributed by atoms with E-state index in [0.29, 0.717) is 0 Å². The van der Waals surface area contributed by atoms with Gasteiger partial charge < -0.3 is 9.90 Å². The Morgan fingerprint density at radius 2 is 1.27 bits per heavy atom. The maximum atomic E-state index is 11.1. The number of allylic oxidation sites excluding steroid dienone is 2. The Labute approximate surface area is 205 Å². The second-order valence-electron chi connectivity index (χ2n) is 7.15. The molecule has 4 heteroatoms. The zero-order valence-corrected chi connectivity index (χ0v) is 21.1. The zero-order chi connectivity index (χ0) is 18.9. The number of rotatable bonds is 16. The van der Waals surface area contributed by atoms with Gasteiger partial charge in [-0.05, 0) is 52.4 Å². The molecule has 0 radical (unpaired) electrons. The van der Waals surface area contributed by atoms with E-state index in [-0.39, 0.29) is 70.0 Å². The van der Waals surface area contributed by atoms with Crippen LogP contribution in [0.4, 0.5) is 0 Å².